The molecule has 1 N–H and O–H groups in total. The number of carbonyl (C=O) groups excluding carboxylic acids is 1. The number of benzene rings is 3. The molecule has 154 valence electrons. The van der Waals surface area contributed by atoms with Crippen molar-refractivity contribution in [2.24, 2.45) is 11.0 Å². The third-order valence-corrected chi connectivity index (χ3v) is 5.92. The summed E-state index contributed by atoms with van der Waals surface area (Å²) < 4.78 is 13.2. The van der Waals surface area contributed by atoms with Gasteiger partial charge in [-0.1, -0.05) is 60.1 Å². The van der Waals surface area contributed by atoms with Gasteiger partial charge in [0.1, 0.15) is 5.82 Å². The highest BCUT2D eigenvalue weighted by Crippen LogP contribution is 2.23. The van der Waals surface area contributed by atoms with Crippen molar-refractivity contribution in [2.75, 3.05) is 13.1 Å². The summed E-state index contributed by atoms with van der Waals surface area (Å²) in [5, 5.41) is 6.87. The Morgan fingerprint density at radius 3 is 2.70 bits per heavy atom. The van der Waals surface area contributed by atoms with E-state index in [-0.39, 0.29) is 17.6 Å². The fraction of sp³-hybridized carbons (Fsp3) is 0.250. The first-order valence-electron chi connectivity index (χ1n) is 10.1. The molecule has 3 aromatic rings. The van der Waals surface area contributed by atoms with Crippen molar-refractivity contribution in [3.8, 4) is 0 Å². The zero-order valence-electron chi connectivity index (χ0n) is 16.5. The minimum absolute atomic E-state index is 0.0500. The number of nitrogens with zero attached hydrogens (tertiary/aromatic N) is 2. The molecule has 1 amide bonds. The molecule has 0 radical (unpaired) electrons. The standard InChI is InChI=1S/C24H23ClFN3O/c25-23-14-21(26)9-8-20(23)16-29-12-10-18(11-13-29)24(30)28-27-15-19-6-3-5-17-4-1-2-7-22(17)19/h1-9,14-15,18H,10-13,16H2,(H,28,30). The Hall–Kier alpha value is -2.76. The predicted molar refractivity (Wildman–Crippen MR) is 119 cm³/mol. The molecule has 0 aliphatic carbocycles. The number of carbonyl (C=O) groups is 1. The average molecular weight is 424 g/mol. The molecule has 30 heavy (non-hydrogen) atoms. The highest BCUT2D eigenvalue weighted by Gasteiger charge is 2.25. The normalized spacial score (nSPS) is 15.7. The summed E-state index contributed by atoms with van der Waals surface area (Å²) in [6.07, 6.45) is 3.22. The van der Waals surface area contributed by atoms with Crippen LogP contribution in [0.15, 0.2) is 65.8 Å². The van der Waals surface area contributed by atoms with Gasteiger partial charge in [0.05, 0.1) is 6.21 Å². The predicted octanol–water partition coefficient (Wildman–Crippen LogP) is 4.99. The molecule has 0 aromatic heterocycles. The summed E-state index contributed by atoms with van der Waals surface area (Å²) in [4.78, 5) is 14.7. The third kappa shape index (κ3) is 4.86. The zero-order chi connectivity index (χ0) is 20.9. The van der Waals surface area contributed by atoms with E-state index >= 15 is 0 Å². The second-order valence-corrected chi connectivity index (χ2v) is 8.00. The van der Waals surface area contributed by atoms with Gasteiger partial charge in [0.25, 0.3) is 0 Å². The topological polar surface area (TPSA) is 44.7 Å². The van der Waals surface area contributed by atoms with Crippen molar-refractivity contribution in [3.05, 3.63) is 82.6 Å². The van der Waals surface area contributed by atoms with Gasteiger partial charge in [0.2, 0.25) is 5.91 Å². The van der Waals surface area contributed by atoms with E-state index in [1.807, 2.05) is 30.3 Å². The number of fused-ring (bicyclic) bond motifs is 1. The fourth-order valence-electron chi connectivity index (χ4n) is 3.86. The SMILES string of the molecule is O=C(NN=Cc1cccc2ccccc12)C1CCN(Cc2ccc(F)cc2Cl)CC1. The number of amides is 1. The Labute approximate surface area is 180 Å². The van der Waals surface area contributed by atoms with E-state index in [1.54, 1.807) is 12.3 Å². The maximum absolute atomic E-state index is 13.2. The highest BCUT2D eigenvalue weighted by molar-refractivity contribution is 6.31. The van der Waals surface area contributed by atoms with Crippen LogP contribution in [0.25, 0.3) is 10.8 Å². The number of piperidine rings is 1. The van der Waals surface area contributed by atoms with E-state index in [0.717, 1.165) is 47.8 Å². The van der Waals surface area contributed by atoms with Gasteiger partial charge >= 0.3 is 0 Å². The molecule has 0 saturated carbocycles. The number of halogens is 2. The lowest BCUT2D eigenvalue weighted by molar-refractivity contribution is -0.126. The first kappa shape index (κ1) is 20.5. The van der Waals surface area contributed by atoms with Crippen LogP contribution in [0, 0.1) is 11.7 Å². The Morgan fingerprint density at radius 1 is 1.13 bits per heavy atom. The molecule has 1 fully saturated rings. The number of rotatable bonds is 5. The van der Waals surface area contributed by atoms with Gasteiger partial charge in [-0.25, -0.2) is 9.82 Å². The second-order valence-electron chi connectivity index (χ2n) is 7.59. The largest absolute Gasteiger partial charge is 0.299 e. The molecule has 0 spiro atoms. The van der Waals surface area contributed by atoms with Crippen molar-refractivity contribution in [3.63, 3.8) is 0 Å². The van der Waals surface area contributed by atoms with E-state index < -0.39 is 0 Å². The smallest absolute Gasteiger partial charge is 0.243 e. The van der Waals surface area contributed by atoms with Crippen LogP contribution in [0.2, 0.25) is 5.02 Å². The maximum Gasteiger partial charge on any atom is 0.243 e. The first-order valence-corrected chi connectivity index (χ1v) is 10.4. The zero-order valence-corrected chi connectivity index (χ0v) is 17.3. The van der Waals surface area contributed by atoms with Gasteiger partial charge in [0.15, 0.2) is 0 Å². The molecule has 4 rings (SSSR count). The molecular weight excluding hydrogens is 401 g/mol. The van der Waals surface area contributed by atoms with E-state index in [9.17, 15) is 9.18 Å². The van der Waals surface area contributed by atoms with Gasteiger partial charge in [-0.15, -0.1) is 0 Å². The summed E-state index contributed by atoms with van der Waals surface area (Å²) >= 11 is 6.13. The van der Waals surface area contributed by atoms with Gasteiger partial charge in [-0.2, -0.15) is 5.10 Å². The molecule has 4 nitrogen and oxygen atoms in total. The average Bonchev–Trinajstić information content (AvgIpc) is 2.76. The molecular formula is C24H23ClFN3O. The number of hydrazone groups is 1. The van der Waals surface area contributed by atoms with Crippen molar-refractivity contribution < 1.29 is 9.18 Å². The maximum atomic E-state index is 13.2. The number of hydrogen-bond donors (Lipinski definition) is 1. The molecule has 0 atom stereocenters. The molecule has 3 aromatic carbocycles. The van der Waals surface area contributed by atoms with Crippen LogP contribution in [0.1, 0.15) is 24.0 Å². The third-order valence-electron chi connectivity index (χ3n) is 5.57. The molecule has 0 unspecified atom stereocenters. The summed E-state index contributed by atoms with van der Waals surface area (Å²) in [5.41, 5.74) is 4.57. The minimum Gasteiger partial charge on any atom is -0.299 e. The number of hydrogen-bond acceptors (Lipinski definition) is 3. The summed E-state index contributed by atoms with van der Waals surface area (Å²) in [7, 11) is 0. The second kappa shape index (κ2) is 9.37. The van der Waals surface area contributed by atoms with E-state index in [0.29, 0.717) is 11.6 Å². The quantitative estimate of drug-likeness (QED) is 0.464. The van der Waals surface area contributed by atoms with Crippen LogP contribution in [0.3, 0.4) is 0 Å². The van der Waals surface area contributed by atoms with E-state index in [1.165, 1.54) is 12.1 Å². The van der Waals surface area contributed by atoms with E-state index in [2.05, 4.69) is 27.6 Å². The van der Waals surface area contributed by atoms with Crippen molar-refractivity contribution >= 4 is 34.5 Å². The molecule has 1 heterocycles. The summed E-state index contributed by atoms with van der Waals surface area (Å²) in [6, 6.07) is 18.6. The lowest BCUT2D eigenvalue weighted by Crippen LogP contribution is -2.39. The van der Waals surface area contributed by atoms with Crippen LogP contribution < -0.4 is 5.43 Å². The van der Waals surface area contributed by atoms with Gasteiger partial charge in [-0.05, 0) is 54.4 Å². The highest BCUT2D eigenvalue weighted by atomic mass is 35.5. The minimum atomic E-state index is -0.330. The molecule has 6 heteroatoms. The molecule has 1 saturated heterocycles. The summed E-state index contributed by atoms with van der Waals surface area (Å²) in [5.74, 6) is -0.441. The van der Waals surface area contributed by atoms with Gasteiger partial charge in [-0.3, -0.25) is 9.69 Å². The van der Waals surface area contributed by atoms with Crippen LogP contribution in [-0.4, -0.2) is 30.1 Å². The van der Waals surface area contributed by atoms with Crippen LogP contribution >= 0.6 is 11.6 Å². The lowest BCUT2D eigenvalue weighted by atomic mass is 9.96. The monoisotopic (exact) mass is 423 g/mol. The van der Waals surface area contributed by atoms with Crippen molar-refractivity contribution in [2.45, 2.75) is 19.4 Å². The van der Waals surface area contributed by atoms with Crippen LogP contribution in [-0.2, 0) is 11.3 Å². The van der Waals surface area contributed by atoms with E-state index in [4.69, 9.17) is 11.6 Å². The first-order chi connectivity index (χ1) is 14.6. The van der Waals surface area contributed by atoms with Crippen LogP contribution in [0.4, 0.5) is 4.39 Å². The Kier molecular flexibility index (Phi) is 6.41. The van der Waals surface area contributed by atoms with Crippen molar-refractivity contribution in [1.29, 1.82) is 0 Å². The molecule has 0 bridgehead atoms. The lowest BCUT2D eigenvalue weighted by Gasteiger charge is -2.31. The molecule has 1 aliphatic rings. The van der Waals surface area contributed by atoms with Gasteiger partial charge < -0.3 is 0 Å². The van der Waals surface area contributed by atoms with Gasteiger partial charge in [0, 0.05) is 23.0 Å². The number of likely N-dealkylation sites (tertiary alicyclic amines) is 1. The Bertz CT molecular complexity index is 1070. The Balaban J connectivity index is 1.29. The Morgan fingerprint density at radius 2 is 1.90 bits per heavy atom. The fourth-order valence-corrected chi connectivity index (χ4v) is 4.09. The van der Waals surface area contributed by atoms with Crippen molar-refractivity contribution in [1.82, 2.24) is 10.3 Å². The molecule has 1 aliphatic heterocycles. The summed E-state index contributed by atoms with van der Waals surface area (Å²) in [6.45, 7) is 2.24. The number of nitrogens with one attached hydrogen (secondary N) is 1. The van der Waals surface area contributed by atoms with Crippen LogP contribution in [0.5, 0.6) is 0 Å².